The first kappa shape index (κ1) is 24.2. The summed E-state index contributed by atoms with van der Waals surface area (Å²) in [6.45, 7) is 2.57. The van der Waals surface area contributed by atoms with E-state index in [1.165, 1.54) is 44.6 Å². The van der Waals surface area contributed by atoms with E-state index in [4.69, 9.17) is 11.5 Å². The zero-order valence-corrected chi connectivity index (χ0v) is 17.5. The highest BCUT2D eigenvalue weighted by atomic mass is 19.4. The first-order valence-electron chi connectivity index (χ1n) is 10.3. The van der Waals surface area contributed by atoms with Crippen LogP contribution in [0.3, 0.4) is 0 Å². The molecule has 168 valence electrons. The quantitative estimate of drug-likeness (QED) is 0.579. The minimum Gasteiger partial charge on any atom is -0.398 e. The molecule has 0 aliphatic heterocycles. The van der Waals surface area contributed by atoms with Crippen LogP contribution >= 0.6 is 0 Å². The number of primary amides is 1. The Morgan fingerprint density at radius 1 is 1.06 bits per heavy atom. The van der Waals surface area contributed by atoms with Crippen molar-refractivity contribution in [2.24, 2.45) is 5.73 Å². The van der Waals surface area contributed by atoms with Crippen LogP contribution in [-0.4, -0.2) is 20.7 Å². The Bertz CT molecular complexity index is 969. The van der Waals surface area contributed by atoms with Crippen LogP contribution in [0.1, 0.15) is 61.6 Å². The number of carbonyl (C=O) groups is 1. The van der Waals surface area contributed by atoms with Gasteiger partial charge in [-0.2, -0.15) is 18.3 Å². The molecule has 0 bridgehead atoms. The van der Waals surface area contributed by atoms with Gasteiger partial charge in [0.05, 0.1) is 5.52 Å². The smallest absolute Gasteiger partial charge is 0.398 e. The predicted molar refractivity (Wildman–Crippen MR) is 115 cm³/mol. The van der Waals surface area contributed by atoms with E-state index in [0.29, 0.717) is 17.6 Å². The molecule has 0 spiro atoms. The van der Waals surface area contributed by atoms with Crippen molar-refractivity contribution < 1.29 is 18.0 Å². The fourth-order valence-electron chi connectivity index (χ4n) is 3.20. The fourth-order valence-corrected chi connectivity index (χ4v) is 3.20. The van der Waals surface area contributed by atoms with Crippen molar-refractivity contribution in [2.75, 3.05) is 5.73 Å². The van der Waals surface area contributed by atoms with Gasteiger partial charge in [-0.1, -0.05) is 56.7 Å². The number of nitrogens with two attached hydrogens (primary N) is 2. The first-order valence-corrected chi connectivity index (χ1v) is 10.3. The third kappa shape index (κ3) is 7.27. The van der Waals surface area contributed by atoms with Crippen molar-refractivity contribution in [1.29, 1.82) is 0 Å². The van der Waals surface area contributed by atoms with Crippen molar-refractivity contribution >= 4 is 22.5 Å². The summed E-state index contributed by atoms with van der Waals surface area (Å²) in [7, 11) is 0. The van der Waals surface area contributed by atoms with Crippen molar-refractivity contribution in [3.05, 3.63) is 54.0 Å². The Labute approximate surface area is 179 Å². The second kappa shape index (κ2) is 11.3. The Morgan fingerprint density at radius 3 is 2.13 bits per heavy atom. The van der Waals surface area contributed by atoms with Crippen LogP contribution in [0.4, 0.5) is 18.9 Å². The number of benzene rings is 1. The molecule has 4 N–H and O–H groups in total. The van der Waals surface area contributed by atoms with E-state index >= 15 is 0 Å². The second-order valence-electron chi connectivity index (χ2n) is 7.13. The minimum atomic E-state index is -4.46. The van der Waals surface area contributed by atoms with Crippen molar-refractivity contribution in [3.63, 3.8) is 0 Å². The third-order valence-corrected chi connectivity index (χ3v) is 4.81. The summed E-state index contributed by atoms with van der Waals surface area (Å²) in [6.07, 6.45) is 6.10. The highest BCUT2D eigenvalue weighted by molar-refractivity contribution is 5.91. The summed E-state index contributed by atoms with van der Waals surface area (Å²) in [5.74, 6) is -0.431. The molecular weight excluding hydrogens is 407 g/mol. The lowest BCUT2D eigenvalue weighted by Crippen LogP contribution is -2.16. The largest absolute Gasteiger partial charge is 0.433 e. The number of nitrogen functional groups attached to an aromatic ring is 1. The summed E-state index contributed by atoms with van der Waals surface area (Å²) in [5, 5.41) is 4.40. The summed E-state index contributed by atoms with van der Waals surface area (Å²) in [6, 6.07) is 8.91. The normalized spacial score (nSPS) is 13.5. The molecule has 1 fully saturated rings. The molecule has 2 heterocycles. The summed E-state index contributed by atoms with van der Waals surface area (Å²) >= 11 is 0. The highest BCUT2D eigenvalue weighted by Crippen LogP contribution is 2.31. The second-order valence-corrected chi connectivity index (χ2v) is 7.13. The van der Waals surface area contributed by atoms with Crippen molar-refractivity contribution in [3.8, 4) is 0 Å². The molecule has 0 unspecified atom stereocenters. The number of nitrogens with zero attached hydrogens (tertiary/aromatic N) is 3. The zero-order valence-electron chi connectivity index (χ0n) is 17.5. The zero-order chi connectivity index (χ0) is 22.9. The molecule has 3 aromatic rings. The van der Waals surface area contributed by atoms with E-state index in [1.54, 1.807) is 35.1 Å². The molecule has 9 heteroatoms. The number of rotatable bonds is 2. The molecule has 2 aromatic heterocycles. The molecule has 4 rings (SSSR count). The Kier molecular flexibility index (Phi) is 8.84. The highest BCUT2D eigenvalue weighted by Gasteiger charge is 2.33. The van der Waals surface area contributed by atoms with E-state index < -0.39 is 17.8 Å². The van der Waals surface area contributed by atoms with Crippen LogP contribution in [0, 0.1) is 0 Å². The van der Waals surface area contributed by atoms with Crippen molar-refractivity contribution in [1.82, 2.24) is 14.8 Å². The summed E-state index contributed by atoms with van der Waals surface area (Å²) < 4.78 is 38.7. The molecule has 0 atom stereocenters. The number of amides is 1. The molecular formula is C22H28F3N5O. The number of hydrogen-bond donors (Lipinski definition) is 2. The molecule has 31 heavy (non-hydrogen) atoms. The molecule has 6 nitrogen and oxygen atoms in total. The monoisotopic (exact) mass is 435 g/mol. The standard InChI is InChI=1S/C10H7F3N2.C6H9N3O.C6H12/c11-10(12,13)9-5-7(14)6-3-1-2-4-8(6)15-9;1-2-9-5(6(7)10)3-4-8-9;1-2-4-6-5-3-1/h1-5H,(H2,14,15);3-4H,2H2,1H3,(H2,7,10);1-6H2. The number of para-hydroxylation sites is 1. The molecule has 1 amide bonds. The molecule has 1 aliphatic carbocycles. The fraction of sp³-hybridized carbons (Fsp3) is 0.409. The van der Waals surface area contributed by atoms with Gasteiger partial charge in [0.25, 0.3) is 5.91 Å². The van der Waals surface area contributed by atoms with Crippen LogP contribution < -0.4 is 11.5 Å². The molecule has 0 saturated heterocycles. The lowest BCUT2D eigenvalue weighted by Gasteiger charge is -2.08. The summed E-state index contributed by atoms with van der Waals surface area (Å²) in [5.41, 5.74) is 10.4. The molecule has 1 saturated carbocycles. The average molecular weight is 435 g/mol. The number of fused-ring (bicyclic) bond motifs is 1. The van der Waals surface area contributed by atoms with E-state index in [-0.39, 0.29) is 11.2 Å². The number of aryl methyl sites for hydroxylation is 1. The molecule has 1 aliphatic rings. The number of anilines is 1. The van der Waals surface area contributed by atoms with Gasteiger partial charge in [-0.3, -0.25) is 9.48 Å². The molecule has 1 aromatic carbocycles. The first-order chi connectivity index (χ1) is 14.7. The third-order valence-electron chi connectivity index (χ3n) is 4.81. The average Bonchev–Trinajstić information content (AvgIpc) is 3.25. The van der Waals surface area contributed by atoms with Gasteiger partial charge >= 0.3 is 6.18 Å². The van der Waals surface area contributed by atoms with Crippen molar-refractivity contribution in [2.45, 2.75) is 58.2 Å². The van der Waals surface area contributed by atoms with Crippen LogP contribution in [-0.2, 0) is 12.7 Å². The van der Waals surface area contributed by atoms with Gasteiger partial charge in [-0.05, 0) is 25.1 Å². The van der Waals surface area contributed by atoms with E-state index in [9.17, 15) is 18.0 Å². The molecule has 0 radical (unpaired) electrons. The summed E-state index contributed by atoms with van der Waals surface area (Å²) in [4.78, 5) is 14.1. The maximum atomic E-state index is 12.4. The predicted octanol–water partition coefficient (Wildman–Crippen LogP) is 5.18. The van der Waals surface area contributed by atoms with Crippen LogP contribution in [0.5, 0.6) is 0 Å². The van der Waals surface area contributed by atoms with Gasteiger partial charge in [-0.25, -0.2) is 4.98 Å². The number of pyridine rings is 1. The topological polar surface area (TPSA) is 99.8 Å². The number of aromatic nitrogens is 3. The Morgan fingerprint density at radius 2 is 1.65 bits per heavy atom. The minimum absolute atomic E-state index is 0.0907. The Balaban J connectivity index is 0.000000183. The van der Waals surface area contributed by atoms with Gasteiger partial charge in [0.1, 0.15) is 11.4 Å². The van der Waals surface area contributed by atoms with E-state index in [2.05, 4.69) is 10.1 Å². The lowest BCUT2D eigenvalue weighted by atomic mass is 10.0. The van der Waals surface area contributed by atoms with Gasteiger partial charge in [-0.15, -0.1) is 0 Å². The van der Waals surface area contributed by atoms with Crippen LogP contribution in [0.15, 0.2) is 42.6 Å². The number of alkyl halides is 3. The van der Waals surface area contributed by atoms with Gasteiger partial charge in [0, 0.05) is 23.8 Å². The lowest BCUT2D eigenvalue weighted by molar-refractivity contribution is -0.140. The number of halogens is 3. The van der Waals surface area contributed by atoms with Crippen LogP contribution in [0.2, 0.25) is 0 Å². The maximum Gasteiger partial charge on any atom is 0.433 e. The number of carbonyl (C=O) groups excluding carboxylic acids is 1. The van der Waals surface area contributed by atoms with E-state index in [1.807, 2.05) is 6.92 Å². The van der Waals surface area contributed by atoms with Gasteiger partial charge in [0.15, 0.2) is 0 Å². The maximum absolute atomic E-state index is 12.4. The number of hydrogen-bond acceptors (Lipinski definition) is 4. The van der Waals surface area contributed by atoms with Crippen LogP contribution in [0.25, 0.3) is 10.9 Å². The Hall–Kier alpha value is -3.10. The van der Waals surface area contributed by atoms with Gasteiger partial charge < -0.3 is 11.5 Å². The SMILES string of the molecule is C1CCCCC1.CCn1nccc1C(N)=O.Nc1cc(C(F)(F)F)nc2ccccc12. The van der Waals surface area contributed by atoms with E-state index in [0.717, 1.165) is 6.07 Å². The van der Waals surface area contributed by atoms with Gasteiger partial charge in [0.2, 0.25) is 0 Å².